The van der Waals surface area contributed by atoms with Crippen LogP contribution in [-0.2, 0) is 0 Å². The molecule has 0 bridgehead atoms. The molecule has 1 amide bonds. The third kappa shape index (κ3) is 3.80. The summed E-state index contributed by atoms with van der Waals surface area (Å²) < 4.78 is 0. The lowest BCUT2D eigenvalue weighted by molar-refractivity contribution is 0.0935. The van der Waals surface area contributed by atoms with E-state index in [1.807, 2.05) is 31.2 Å². The average Bonchev–Trinajstić information content (AvgIpc) is 2.67. The zero-order valence-electron chi connectivity index (χ0n) is 16.2. The van der Waals surface area contributed by atoms with E-state index in [1.54, 1.807) is 0 Å². The Bertz CT molecular complexity index is 768. The van der Waals surface area contributed by atoms with Gasteiger partial charge >= 0.3 is 0 Å². The summed E-state index contributed by atoms with van der Waals surface area (Å²) in [7, 11) is 0. The molecule has 1 N–H and O–H groups in total. The van der Waals surface area contributed by atoms with Gasteiger partial charge in [-0.3, -0.25) is 9.69 Å². The molecular formula is C20H29N5O. The van der Waals surface area contributed by atoms with Crippen LogP contribution in [0.25, 0.3) is 10.8 Å². The number of aromatic nitrogens is 2. The number of hydrogen-bond acceptors (Lipinski definition) is 5. The van der Waals surface area contributed by atoms with E-state index in [4.69, 9.17) is 0 Å². The van der Waals surface area contributed by atoms with Crippen molar-refractivity contribution in [2.75, 3.05) is 31.1 Å². The lowest BCUT2D eigenvalue weighted by Gasteiger charge is -2.37. The molecule has 3 rings (SSSR count). The number of carbonyl (C=O) groups excluding carboxylic acids is 1. The zero-order chi connectivity index (χ0) is 18.7. The SMILES string of the molecule is CCC(C)NC(=O)c1nnc(N2CCN(C(C)C)CC2)c2ccccc12. The second-order valence-electron chi connectivity index (χ2n) is 7.32. The fourth-order valence-electron chi connectivity index (χ4n) is 3.34. The standard InChI is InChI=1S/C20H29N5O/c1-5-15(4)21-20(26)18-16-8-6-7-9-17(16)19(23-22-18)25-12-10-24(11-13-25)14(2)3/h6-9,14-15H,5,10-13H2,1-4H3,(H,21,26). The molecule has 1 fully saturated rings. The first-order chi connectivity index (χ1) is 12.5. The molecule has 0 spiro atoms. The van der Waals surface area contributed by atoms with Crippen molar-refractivity contribution in [2.24, 2.45) is 0 Å². The maximum absolute atomic E-state index is 12.6. The molecule has 1 unspecified atom stereocenters. The van der Waals surface area contributed by atoms with Gasteiger partial charge in [-0.2, -0.15) is 0 Å². The Labute approximate surface area is 155 Å². The van der Waals surface area contributed by atoms with E-state index in [0.29, 0.717) is 11.7 Å². The Balaban J connectivity index is 1.90. The number of rotatable bonds is 5. The average molecular weight is 355 g/mol. The first-order valence-corrected chi connectivity index (χ1v) is 9.56. The summed E-state index contributed by atoms with van der Waals surface area (Å²) in [4.78, 5) is 17.4. The Morgan fingerprint density at radius 3 is 2.35 bits per heavy atom. The predicted molar refractivity (Wildman–Crippen MR) is 106 cm³/mol. The van der Waals surface area contributed by atoms with E-state index < -0.39 is 0 Å². The van der Waals surface area contributed by atoms with Gasteiger partial charge in [-0.25, -0.2) is 0 Å². The van der Waals surface area contributed by atoms with Crippen molar-refractivity contribution in [2.45, 2.75) is 46.2 Å². The first-order valence-electron chi connectivity index (χ1n) is 9.56. The van der Waals surface area contributed by atoms with E-state index in [0.717, 1.165) is 49.2 Å². The van der Waals surface area contributed by atoms with Crippen LogP contribution in [-0.4, -0.2) is 59.3 Å². The van der Waals surface area contributed by atoms with Crippen molar-refractivity contribution in [1.82, 2.24) is 20.4 Å². The highest BCUT2D eigenvalue weighted by atomic mass is 16.2. The molecule has 0 radical (unpaired) electrons. The van der Waals surface area contributed by atoms with Crippen LogP contribution in [0, 0.1) is 0 Å². The molecule has 2 heterocycles. The molecule has 0 aliphatic carbocycles. The lowest BCUT2D eigenvalue weighted by Crippen LogP contribution is -2.49. The van der Waals surface area contributed by atoms with Gasteiger partial charge in [-0.15, -0.1) is 10.2 Å². The Kier molecular flexibility index (Phi) is 5.71. The number of hydrogen-bond donors (Lipinski definition) is 1. The summed E-state index contributed by atoms with van der Waals surface area (Å²) in [6, 6.07) is 8.62. The van der Waals surface area contributed by atoms with Crippen molar-refractivity contribution < 1.29 is 4.79 Å². The summed E-state index contributed by atoms with van der Waals surface area (Å²) in [6.07, 6.45) is 0.884. The third-order valence-corrected chi connectivity index (χ3v) is 5.22. The van der Waals surface area contributed by atoms with E-state index in [-0.39, 0.29) is 11.9 Å². The maximum Gasteiger partial charge on any atom is 0.272 e. The van der Waals surface area contributed by atoms with Gasteiger partial charge in [0.1, 0.15) is 0 Å². The monoisotopic (exact) mass is 355 g/mol. The highest BCUT2D eigenvalue weighted by molar-refractivity contribution is 6.07. The quantitative estimate of drug-likeness (QED) is 0.893. The number of nitrogens with zero attached hydrogens (tertiary/aromatic N) is 4. The number of nitrogens with one attached hydrogen (secondary N) is 1. The Hall–Kier alpha value is -2.21. The van der Waals surface area contributed by atoms with Gasteiger partial charge in [0.15, 0.2) is 11.5 Å². The minimum Gasteiger partial charge on any atom is -0.352 e. The fourth-order valence-corrected chi connectivity index (χ4v) is 3.34. The topological polar surface area (TPSA) is 61.4 Å². The smallest absolute Gasteiger partial charge is 0.272 e. The molecule has 6 heteroatoms. The third-order valence-electron chi connectivity index (χ3n) is 5.22. The van der Waals surface area contributed by atoms with Gasteiger partial charge in [-0.1, -0.05) is 31.2 Å². The molecule has 0 saturated carbocycles. The predicted octanol–water partition coefficient (Wildman–Crippen LogP) is 2.69. The van der Waals surface area contributed by atoms with E-state index in [9.17, 15) is 4.79 Å². The van der Waals surface area contributed by atoms with Crippen LogP contribution in [0.2, 0.25) is 0 Å². The van der Waals surface area contributed by atoms with Crippen molar-refractivity contribution in [3.05, 3.63) is 30.0 Å². The van der Waals surface area contributed by atoms with Gasteiger partial charge in [0.05, 0.1) is 0 Å². The summed E-state index contributed by atoms with van der Waals surface area (Å²) in [5, 5.41) is 13.6. The number of piperazine rings is 1. The molecule has 1 aromatic heterocycles. The summed E-state index contributed by atoms with van der Waals surface area (Å²) in [6.45, 7) is 12.4. The second-order valence-corrected chi connectivity index (χ2v) is 7.32. The van der Waals surface area contributed by atoms with Crippen LogP contribution in [0.5, 0.6) is 0 Å². The first kappa shape index (κ1) is 18.6. The number of amides is 1. The number of benzene rings is 1. The van der Waals surface area contributed by atoms with Crippen molar-refractivity contribution in [3.8, 4) is 0 Å². The largest absolute Gasteiger partial charge is 0.352 e. The number of fused-ring (bicyclic) bond motifs is 1. The van der Waals surface area contributed by atoms with Gasteiger partial charge in [0.2, 0.25) is 0 Å². The maximum atomic E-state index is 12.6. The fraction of sp³-hybridized carbons (Fsp3) is 0.550. The van der Waals surface area contributed by atoms with E-state index in [1.165, 1.54) is 0 Å². The van der Waals surface area contributed by atoms with Crippen molar-refractivity contribution in [1.29, 1.82) is 0 Å². The molecule has 2 aromatic rings. The van der Waals surface area contributed by atoms with Crippen LogP contribution >= 0.6 is 0 Å². The zero-order valence-corrected chi connectivity index (χ0v) is 16.2. The molecule has 1 saturated heterocycles. The minimum absolute atomic E-state index is 0.117. The molecule has 140 valence electrons. The molecule has 26 heavy (non-hydrogen) atoms. The summed E-state index contributed by atoms with van der Waals surface area (Å²) >= 11 is 0. The van der Waals surface area contributed by atoms with E-state index >= 15 is 0 Å². The number of anilines is 1. The molecule has 1 aliphatic rings. The van der Waals surface area contributed by atoms with Gasteiger partial charge in [0.25, 0.3) is 5.91 Å². The lowest BCUT2D eigenvalue weighted by atomic mass is 10.1. The molecule has 6 nitrogen and oxygen atoms in total. The van der Waals surface area contributed by atoms with E-state index in [2.05, 4.69) is 46.1 Å². The van der Waals surface area contributed by atoms with Crippen LogP contribution < -0.4 is 10.2 Å². The van der Waals surface area contributed by atoms with Gasteiger partial charge in [-0.05, 0) is 27.2 Å². The van der Waals surface area contributed by atoms with Crippen LogP contribution in [0.4, 0.5) is 5.82 Å². The summed E-state index contributed by atoms with van der Waals surface area (Å²) in [5.74, 6) is 0.725. The van der Waals surface area contributed by atoms with Crippen molar-refractivity contribution >= 4 is 22.5 Å². The normalized spacial score (nSPS) is 16.9. The highest BCUT2D eigenvalue weighted by Gasteiger charge is 2.23. The second kappa shape index (κ2) is 7.99. The minimum atomic E-state index is -0.153. The van der Waals surface area contributed by atoms with Crippen LogP contribution in [0.15, 0.2) is 24.3 Å². The Morgan fingerprint density at radius 2 is 1.73 bits per heavy atom. The Morgan fingerprint density at radius 1 is 1.08 bits per heavy atom. The molecular weight excluding hydrogens is 326 g/mol. The van der Waals surface area contributed by atoms with Gasteiger partial charge < -0.3 is 10.2 Å². The number of carbonyl (C=O) groups is 1. The molecule has 1 atom stereocenters. The van der Waals surface area contributed by atoms with Crippen molar-refractivity contribution in [3.63, 3.8) is 0 Å². The molecule has 1 aliphatic heterocycles. The van der Waals surface area contributed by atoms with Gasteiger partial charge in [0, 0.05) is 49.0 Å². The van der Waals surface area contributed by atoms with Crippen LogP contribution in [0.3, 0.4) is 0 Å². The highest BCUT2D eigenvalue weighted by Crippen LogP contribution is 2.27. The van der Waals surface area contributed by atoms with Crippen LogP contribution in [0.1, 0.15) is 44.6 Å². The summed E-state index contributed by atoms with van der Waals surface area (Å²) in [5.41, 5.74) is 0.408. The molecule has 1 aromatic carbocycles.